The highest BCUT2D eigenvalue weighted by atomic mass is 79.9. The third-order valence-corrected chi connectivity index (χ3v) is 5.87. The lowest BCUT2D eigenvalue weighted by Gasteiger charge is -2.38. The number of aryl methyl sites for hydroxylation is 1. The van der Waals surface area contributed by atoms with Crippen LogP contribution in [-0.2, 0) is 6.42 Å². The third kappa shape index (κ3) is 2.32. The van der Waals surface area contributed by atoms with Crippen LogP contribution in [0.25, 0.3) is 0 Å². The standard InChI is InChI=1S/C16H22BrN/c17-12-16(9-3-4-10-16)13-18-11-5-7-14-6-1-2-8-15(14)18/h1-2,6,8H,3-5,7,9-13H2. The van der Waals surface area contributed by atoms with E-state index in [1.165, 1.54) is 62.6 Å². The molecule has 1 aliphatic carbocycles. The fraction of sp³-hybridized carbons (Fsp3) is 0.625. The van der Waals surface area contributed by atoms with E-state index in [1.54, 1.807) is 5.56 Å². The van der Waals surface area contributed by atoms with Gasteiger partial charge in [-0.25, -0.2) is 0 Å². The van der Waals surface area contributed by atoms with Crippen molar-refractivity contribution >= 4 is 21.6 Å². The molecule has 0 bridgehead atoms. The molecule has 18 heavy (non-hydrogen) atoms. The second-order valence-corrected chi connectivity index (χ2v) is 6.56. The molecule has 2 heteroatoms. The van der Waals surface area contributed by atoms with E-state index in [-0.39, 0.29) is 0 Å². The van der Waals surface area contributed by atoms with E-state index in [0.717, 1.165) is 0 Å². The number of fused-ring (bicyclic) bond motifs is 1. The predicted molar refractivity (Wildman–Crippen MR) is 81.7 cm³/mol. The van der Waals surface area contributed by atoms with Crippen LogP contribution in [0.5, 0.6) is 0 Å². The van der Waals surface area contributed by atoms with Gasteiger partial charge < -0.3 is 4.90 Å². The number of hydrogen-bond acceptors (Lipinski definition) is 1. The molecule has 1 fully saturated rings. The zero-order chi connectivity index (χ0) is 12.4. The van der Waals surface area contributed by atoms with Crippen LogP contribution >= 0.6 is 15.9 Å². The summed E-state index contributed by atoms with van der Waals surface area (Å²) in [6.07, 6.45) is 8.21. The largest absolute Gasteiger partial charge is 0.371 e. The van der Waals surface area contributed by atoms with Crippen LogP contribution in [0.15, 0.2) is 24.3 Å². The smallest absolute Gasteiger partial charge is 0.0398 e. The average molecular weight is 308 g/mol. The number of para-hydroxylation sites is 1. The molecule has 0 unspecified atom stereocenters. The number of rotatable bonds is 3. The van der Waals surface area contributed by atoms with Gasteiger partial charge in [-0.2, -0.15) is 0 Å². The van der Waals surface area contributed by atoms with E-state index in [4.69, 9.17) is 0 Å². The van der Waals surface area contributed by atoms with Gasteiger partial charge in [0.15, 0.2) is 0 Å². The van der Waals surface area contributed by atoms with E-state index in [2.05, 4.69) is 45.1 Å². The first kappa shape index (κ1) is 12.5. The van der Waals surface area contributed by atoms with Gasteiger partial charge in [0.2, 0.25) is 0 Å². The highest BCUT2D eigenvalue weighted by molar-refractivity contribution is 9.09. The molecular weight excluding hydrogens is 286 g/mol. The summed E-state index contributed by atoms with van der Waals surface area (Å²) in [4.78, 5) is 2.64. The molecule has 0 N–H and O–H groups in total. The molecule has 98 valence electrons. The van der Waals surface area contributed by atoms with Gasteiger partial charge in [-0.3, -0.25) is 0 Å². The molecule has 0 aromatic heterocycles. The molecule has 0 saturated heterocycles. The zero-order valence-corrected chi connectivity index (χ0v) is 12.6. The first-order valence-corrected chi connectivity index (χ1v) is 8.34. The molecule has 0 amide bonds. The molecule has 1 saturated carbocycles. The normalized spacial score (nSPS) is 21.9. The van der Waals surface area contributed by atoms with Crippen molar-refractivity contribution in [3.63, 3.8) is 0 Å². The van der Waals surface area contributed by atoms with E-state index in [0.29, 0.717) is 5.41 Å². The van der Waals surface area contributed by atoms with E-state index in [1.807, 2.05) is 0 Å². The Kier molecular flexibility index (Phi) is 3.65. The number of benzene rings is 1. The first-order valence-electron chi connectivity index (χ1n) is 7.22. The maximum absolute atomic E-state index is 3.77. The van der Waals surface area contributed by atoms with Crippen molar-refractivity contribution in [3.05, 3.63) is 29.8 Å². The van der Waals surface area contributed by atoms with Gasteiger partial charge in [-0.15, -0.1) is 0 Å². The van der Waals surface area contributed by atoms with Gasteiger partial charge in [0.05, 0.1) is 0 Å². The van der Waals surface area contributed by atoms with Crippen LogP contribution in [0, 0.1) is 5.41 Å². The summed E-state index contributed by atoms with van der Waals surface area (Å²) in [5, 5.41) is 1.17. The molecule has 1 aliphatic heterocycles. The SMILES string of the molecule is BrCC1(CN2CCCc3ccccc32)CCCC1. The van der Waals surface area contributed by atoms with Crippen molar-refractivity contribution in [2.45, 2.75) is 38.5 Å². The summed E-state index contributed by atoms with van der Waals surface area (Å²) >= 11 is 3.77. The fourth-order valence-electron chi connectivity index (χ4n) is 3.64. The molecule has 1 heterocycles. The van der Waals surface area contributed by atoms with Gasteiger partial charge in [0, 0.05) is 24.1 Å². The minimum Gasteiger partial charge on any atom is -0.371 e. The summed E-state index contributed by atoms with van der Waals surface area (Å²) in [6, 6.07) is 8.98. The van der Waals surface area contributed by atoms with Crippen LogP contribution in [0.1, 0.15) is 37.7 Å². The van der Waals surface area contributed by atoms with E-state index < -0.39 is 0 Å². The molecular formula is C16H22BrN. The lowest BCUT2D eigenvalue weighted by Crippen LogP contribution is -2.40. The Morgan fingerprint density at radius 3 is 2.67 bits per heavy atom. The number of halogens is 1. The van der Waals surface area contributed by atoms with Crippen LogP contribution in [0.2, 0.25) is 0 Å². The molecule has 1 nitrogen and oxygen atoms in total. The molecule has 1 aromatic carbocycles. The monoisotopic (exact) mass is 307 g/mol. The van der Waals surface area contributed by atoms with Crippen LogP contribution in [0.4, 0.5) is 5.69 Å². The maximum Gasteiger partial charge on any atom is 0.0398 e. The Labute approximate surface area is 119 Å². The molecule has 2 aliphatic rings. The Morgan fingerprint density at radius 2 is 1.89 bits per heavy atom. The van der Waals surface area contributed by atoms with Crippen molar-refractivity contribution in [2.75, 3.05) is 23.3 Å². The summed E-state index contributed by atoms with van der Waals surface area (Å²) in [7, 11) is 0. The second kappa shape index (κ2) is 5.24. The lowest BCUT2D eigenvalue weighted by molar-refractivity contribution is 0.346. The Bertz CT molecular complexity index is 409. The molecule has 0 atom stereocenters. The van der Waals surface area contributed by atoms with Crippen LogP contribution < -0.4 is 4.90 Å². The van der Waals surface area contributed by atoms with Crippen molar-refractivity contribution in [1.82, 2.24) is 0 Å². The second-order valence-electron chi connectivity index (χ2n) is 5.99. The van der Waals surface area contributed by atoms with E-state index in [9.17, 15) is 0 Å². The van der Waals surface area contributed by atoms with Crippen LogP contribution in [0.3, 0.4) is 0 Å². The summed E-state index contributed by atoms with van der Waals surface area (Å²) < 4.78 is 0. The van der Waals surface area contributed by atoms with Crippen molar-refractivity contribution < 1.29 is 0 Å². The summed E-state index contributed by atoms with van der Waals surface area (Å²) in [5.41, 5.74) is 3.58. The summed E-state index contributed by atoms with van der Waals surface area (Å²) in [6.45, 7) is 2.49. The average Bonchev–Trinajstić information content (AvgIpc) is 2.88. The van der Waals surface area contributed by atoms with E-state index >= 15 is 0 Å². The first-order chi connectivity index (χ1) is 8.83. The van der Waals surface area contributed by atoms with Gasteiger partial charge >= 0.3 is 0 Å². The number of hydrogen-bond donors (Lipinski definition) is 0. The van der Waals surface area contributed by atoms with Crippen LogP contribution in [-0.4, -0.2) is 18.4 Å². The number of nitrogens with zero attached hydrogens (tertiary/aromatic N) is 1. The quantitative estimate of drug-likeness (QED) is 0.748. The molecule has 0 spiro atoms. The summed E-state index contributed by atoms with van der Waals surface area (Å²) in [5.74, 6) is 0. The highest BCUT2D eigenvalue weighted by Gasteiger charge is 2.35. The number of alkyl halides is 1. The zero-order valence-electron chi connectivity index (χ0n) is 11.0. The minimum atomic E-state index is 0.532. The van der Waals surface area contributed by atoms with Gasteiger partial charge in [0.25, 0.3) is 0 Å². The van der Waals surface area contributed by atoms with Gasteiger partial charge in [-0.1, -0.05) is 47.0 Å². The van der Waals surface area contributed by atoms with Crippen molar-refractivity contribution in [1.29, 1.82) is 0 Å². The molecule has 3 rings (SSSR count). The van der Waals surface area contributed by atoms with Gasteiger partial charge in [0.1, 0.15) is 0 Å². The van der Waals surface area contributed by atoms with Crippen molar-refractivity contribution in [2.24, 2.45) is 5.41 Å². The highest BCUT2D eigenvalue weighted by Crippen LogP contribution is 2.42. The molecule has 1 aromatic rings. The van der Waals surface area contributed by atoms with Gasteiger partial charge in [-0.05, 0) is 42.7 Å². The third-order valence-electron chi connectivity index (χ3n) is 4.68. The molecule has 0 radical (unpaired) electrons. The maximum atomic E-state index is 3.77. The Hall–Kier alpha value is -0.500. The Morgan fingerprint density at radius 1 is 1.11 bits per heavy atom. The number of anilines is 1. The lowest BCUT2D eigenvalue weighted by atomic mass is 9.87. The van der Waals surface area contributed by atoms with Crippen molar-refractivity contribution in [3.8, 4) is 0 Å². The predicted octanol–water partition coefficient (Wildman–Crippen LogP) is 4.39. The minimum absolute atomic E-state index is 0.532. The fourth-order valence-corrected chi connectivity index (χ4v) is 4.38. The topological polar surface area (TPSA) is 3.24 Å². The Balaban J connectivity index is 1.81.